The predicted molar refractivity (Wildman–Crippen MR) is 100 cm³/mol. The van der Waals surface area contributed by atoms with Gasteiger partial charge in [-0.1, -0.05) is 70.8 Å². The summed E-state index contributed by atoms with van der Waals surface area (Å²) in [7, 11) is 0. The third kappa shape index (κ3) is 18.7. The van der Waals surface area contributed by atoms with Crippen LogP contribution < -0.4 is 5.32 Å². The normalized spacial score (nSPS) is 11.0. The number of aliphatic carboxylic acids is 1. The maximum Gasteiger partial charge on any atom is 0.327 e. The van der Waals surface area contributed by atoms with Gasteiger partial charge in [-0.25, -0.2) is 4.79 Å². The summed E-state index contributed by atoms with van der Waals surface area (Å²) in [5, 5.41) is 11.4. The predicted octanol–water partition coefficient (Wildman–Crippen LogP) is 5.22. The van der Waals surface area contributed by atoms with E-state index in [9.17, 15) is 9.59 Å². The number of nitrogens with one attached hydrogen (secondary N) is 1. The van der Waals surface area contributed by atoms with E-state index < -0.39 is 5.97 Å². The fourth-order valence-corrected chi connectivity index (χ4v) is 2.68. The lowest BCUT2D eigenvalue weighted by molar-refractivity contribution is -0.131. The van der Waals surface area contributed by atoms with Gasteiger partial charge in [-0.15, -0.1) is 0 Å². The molecule has 2 N–H and O–H groups in total. The average molecular weight is 340 g/mol. The third-order valence-electron chi connectivity index (χ3n) is 4.11. The van der Waals surface area contributed by atoms with Crippen molar-refractivity contribution in [1.29, 1.82) is 0 Å². The van der Waals surface area contributed by atoms with Gasteiger partial charge in [0.2, 0.25) is 5.91 Å². The fraction of sp³-hybridized carbons (Fsp3) is 0.800. The van der Waals surface area contributed by atoms with Crippen molar-refractivity contribution in [1.82, 2.24) is 5.32 Å². The largest absolute Gasteiger partial charge is 0.478 e. The topological polar surface area (TPSA) is 66.4 Å². The van der Waals surface area contributed by atoms with E-state index >= 15 is 0 Å². The number of hydrogen-bond acceptors (Lipinski definition) is 2. The van der Waals surface area contributed by atoms with E-state index in [1.165, 1.54) is 63.9 Å². The lowest BCUT2D eigenvalue weighted by atomic mass is 10.0. The fourth-order valence-electron chi connectivity index (χ4n) is 2.68. The summed E-state index contributed by atoms with van der Waals surface area (Å²) >= 11 is 0. The molecule has 1 amide bonds. The number of carbonyl (C=O) groups is 2. The Morgan fingerprint density at radius 3 is 1.83 bits per heavy atom. The molecule has 140 valence electrons. The summed E-state index contributed by atoms with van der Waals surface area (Å²) in [5.41, 5.74) is 0. The zero-order valence-electron chi connectivity index (χ0n) is 15.5. The van der Waals surface area contributed by atoms with Gasteiger partial charge in [-0.3, -0.25) is 4.79 Å². The summed E-state index contributed by atoms with van der Waals surface area (Å²) in [6, 6.07) is 0. The Kier molecular flexibility index (Phi) is 17.0. The van der Waals surface area contributed by atoms with Crippen molar-refractivity contribution < 1.29 is 14.7 Å². The van der Waals surface area contributed by atoms with Crippen molar-refractivity contribution >= 4 is 11.9 Å². The Morgan fingerprint density at radius 1 is 0.833 bits per heavy atom. The second-order valence-electron chi connectivity index (χ2n) is 6.52. The Labute approximate surface area is 148 Å². The third-order valence-corrected chi connectivity index (χ3v) is 4.11. The van der Waals surface area contributed by atoms with Gasteiger partial charge >= 0.3 is 5.97 Å². The van der Waals surface area contributed by atoms with Gasteiger partial charge in [-0.05, 0) is 25.7 Å². The summed E-state index contributed by atoms with van der Waals surface area (Å²) < 4.78 is 0. The van der Waals surface area contributed by atoms with Gasteiger partial charge in [0, 0.05) is 19.0 Å². The van der Waals surface area contributed by atoms with E-state index in [0.717, 1.165) is 32.2 Å². The van der Waals surface area contributed by atoms with Crippen molar-refractivity contribution in [2.24, 2.45) is 0 Å². The molecule has 0 aromatic heterocycles. The van der Waals surface area contributed by atoms with Crippen LogP contribution in [0.2, 0.25) is 0 Å². The van der Waals surface area contributed by atoms with Crippen molar-refractivity contribution in [3.8, 4) is 0 Å². The van der Waals surface area contributed by atoms with Gasteiger partial charge in [0.1, 0.15) is 0 Å². The lowest BCUT2D eigenvalue weighted by Crippen LogP contribution is -2.23. The first kappa shape index (κ1) is 22.7. The molecule has 4 nitrogen and oxygen atoms in total. The SMILES string of the molecule is CCCNC(=O)CCCCCCCCCCCCCC=CC(=O)O. The number of hydrogen-bond donors (Lipinski definition) is 2. The van der Waals surface area contributed by atoms with Gasteiger partial charge in [0.25, 0.3) is 0 Å². The molecule has 0 saturated carbocycles. The summed E-state index contributed by atoms with van der Waals surface area (Å²) in [6.07, 6.45) is 19.0. The summed E-state index contributed by atoms with van der Waals surface area (Å²) in [4.78, 5) is 21.7. The molecule has 0 aliphatic heterocycles. The lowest BCUT2D eigenvalue weighted by Gasteiger charge is -2.04. The van der Waals surface area contributed by atoms with E-state index in [-0.39, 0.29) is 5.91 Å². The molecule has 0 saturated heterocycles. The van der Waals surface area contributed by atoms with Gasteiger partial charge in [0.05, 0.1) is 0 Å². The molecule has 0 radical (unpaired) electrons. The first-order valence-electron chi connectivity index (χ1n) is 9.83. The van der Waals surface area contributed by atoms with Crippen molar-refractivity contribution in [2.75, 3.05) is 6.54 Å². The van der Waals surface area contributed by atoms with E-state index in [4.69, 9.17) is 5.11 Å². The van der Waals surface area contributed by atoms with Crippen LogP contribution in [0.5, 0.6) is 0 Å². The second kappa shape index (κ2) is 18.0. The minimum atomic E-state index is -0.852. The van der Waals surface area contributed by atoms with Crippen LogP contribution in [0.3, 0.4) is 0 Å². The van der Waals surface area contributed by atoms with E-state index in [2.05, 4.69) is 12.2 Å². The zero-order chi connectivity index (χ0) is 17.9. The molecule has 0 fully saturated rings. The van der Waals surface area contributed by atoms with Crippen LogP contribution >= 0.6 is 0 Å². The number of unbranched alkanes of at least 4 members (excludes halogenated alkanes) is 11. The van der Waals surface area contributed by atoms with Crippen molar-refractivity contribution in [2.45, 2.75) is 96.8 Å². The molecule has 0 aromatic rings. The Morgan fingerprint density at radius 2 is 1.33 bits per heavy atom. The molecule has 0 rings (SSSR count). The first-order chi connectivity index (χ1) is 11.7. The Balaban J connectivity index is 3.12. The van der Waals surface area contributed by atoms with Gasteiger partial charge in [-0.2, -0.15) is 0 Å². The minimum Gasteiger partial charge on any atom is -0.478 e. The first-order valence-corrected chi connectivity index (χ1v) is 9.83. The maximum absolute atomic E-state index is 11.4. The van der Waals surface area contributed by atoms with Crippen molar-refractivity contribution in [3.05, 3.63) is 12.2 Å². The minimum absolute atomic E-state index is 0.204. The quantitative estimate of drug-likeness (QED) is 0.282. The van der Waals surface area contributed by atoms with Crippen LogP contribution in [0.25, 0.3) is 0 Å². The van der Waals surface area contributed by atoms with Crippen LogP contribution in [0, 0.1) is 0 Å². The van der Waals surface area contributed by atoms with Gasteiger partial charge < -0.3 is 10.4 Å². The van der Waals surface area contributed by atoms with Crippen LogP contribution in [0.15, 0.2) is 12.2 Å². The monoisotopic (exact) mass is 339 g/mol. The number of allylic oxidation sites excluding steroid dienone is 1. The molecule has 4 heteroatoms. The Bertz CT molecular complexity index is 340. The summed E-state index contributed by atoms with van der Waals surface area (Å²) in [6.45, 7) is 2.87. The highest BCUT2D eigenvalue weighted by molar-refractivity contribution is 5.79. The molecule has 0 atom stereocenters. The van der Waals surface area contributed by atoms with Crippen LogP contribution in [-0.4, -0.2) is 23.5 Å². The summed E-state index contributed by atoms with van der Waals surface area (Å²) in [5.74, 6) is -0.648. The number of carboxylic acid groups (broad SMARTS) is 1. The molecule has 0 unspecified atom stereocenters. The number of carbonyl (C=O) groups excluding carboxylic acids is 1. The smallest absolute Gasteiger partial charge is 0.327 e. The molecule has 0 aromatic carbocycles. The van der Waals surface area contributed by atoms with Crippen molar-refractivity contribution in [3.63, 3.8) is 0 Å². The highest BCUT2D eigenvalue weighted by Gasteiger charge is 1.99. The molecule has 24 heavy (non-hydrogen) atoms. The molecular weight excluding hydrogens is 302 g/mol. The molecule has 0 aliphatic carbocycles. The zero-order valence-corrected chi connectivity index (χ0v) is 15.5. The molecule has 0 heterocycles. The molecule has 0 aliphatic rings. The molecule has 0 spiro atoms. The second-order valence-corrected chi connectivity index (χ2v) is 6.52. The Hall–Kier alpha value is -1.32. The highest BCUT2D eigenvalue weighted by Crippen LogP contribution is 2.12. The molecule has 0 bridgehead atoms. The van der Waals surface area contributed by atoms with E-state index in [0.29, 0.717) is 6.42 Å². The number of amides is 1. The van der Waals surface area contributed by atoms with Crippen LogP contribution in [-0.2, 0) is 9.59 Å². The number of rotatable bonds is 17. The van der Waals surface area contributed by atoms with Gasteiger partial charge in [0.15, 0.2) is 0 Å². The van der Waals surface area contributed by atoms with E-state index in [1.807, 2.05) is 0 Å². The average Bonchev–Trinajstić information content (AvgIpc) is 2.56. The molecular formula is C20H37NO3. The van der Waals surface area contributed by atoms with Crippen LogP contribution in [0.1, 0.15) is 96.8 Å². The van der Waals surface area contributed by atoms with Crippen LogP contribution in [0.4, 0.5) is 0 Å². The standard InChI is InChI=1S/C20H37NO3/c1-2-18-21-19(22)16-14-12-10-8-6-4-3-5-7-9-11-13-15-17-20(23)24/h15,17H,2-14,16,18H2,1H3,(H,21,22)(H,23,24). The number of carboxylic acids is 1. The maximum atomic E-state index is 11.4. The van der Waals surface area contributed by atoms with E-state index in [1.54, 1.807) is 6.08 Å². The highest BCUT2D eigenvalue weighted by atomic mass is 16.4.